The van der Waals surface area contributed by atoms with Crippen molar-refractivity contribution in [2.45, 2.75) is 31.5 Å². The zero-order chi connectivity index (χ0) is 19.2. The molecule has 3 aromatic rings. The van der Waals surface area contributed by atoms with Gasteiger partial charge in [0.15, 0.2) is 0 Å². The Balaban J connectivity index is 2.23. The predicted octanol–water partition coefficient (Wildman–Crippen LogP) is 5.81. The minimum absolute atomic E-state index is 0.377. The summed E-state index contributed by atoms with van der Waals surface area (Å²) in [6.45, 7) is 4.92. The molecule has 2 heteroatoms. The van der Waals surface area contributed by atoms with E-state index in [1.807, 2.05) is 18.2 Å². The third kappa shape index (κ3) is 4.29. The van der Waals surface area contributed by atoms with Crippen LogP contribution in [-0.2, 0) is 15.1 Å². The highest BCUT2D eigenvalue weighted by atomic mass is 16.5. The van der Waals surface area contributed by atoms with E-state index in [1.165, 1.54) is 0 Å². The van der Waals surface area contributed by atoms with Crippen molar-refractivity contribution in [3.8, 4) is 0 Å². The maximum atomic E-state index is 7.01. The molecular formula is C25H28O2. The molecule has 0 heterocycles. The van der Waals surface area contributed by atoms with Crippen molar-refractivity contribution < 1.29 is 9.47 Å². The summed E-state index contributed by atoms with van der Waals surface area (Å²) in [5.74, 6) is 0. The van der Waals surface area contributed by atoms with Crippen molar-refractivity contribution in [2.24, 2.45) is 0 Å². The molecule has 0 radical (unpaired) electrons. The molecule has 0 bridgehead atoms. The Labute approximate surface area is 162 Å². The van der Waals surface area contributed by atoms with E-state index in [0.717, 1.165) is 23.1 Å². The van der Waals surface area contributed by atoms with E-state index < -0.39 is 5.60 Å². The molecule has 0 fully saturated rings. The quantitative estimate of drug-likeness (QED) is 0.472. The molecule has 0 unspecified atom stereocenters. The molecular weight excluding hydrogens is 332 g/mol. The predicted molar refractivity (Wildman–Crippen MR) is 111 cm³/mol. The highest BCUT2D eigenvalue weighted by Crippen LogP contribution is 2.43. The molecule has 0 aliphatic rings. The average Bonchev–Trinajstić information content (AvgIpc) is 2.72. The van der Waals surface area contributed by atoms with Crippen LogP contribution in [0.15, 0.2) is 91.0 Å². The summed E-state index contributed by atoms with van der Waals surface area (Å²) in [7, 11) is 1.73. The zero-order valence-corrected chi connectivity index (χ0v) is 16.4. The largest absolute Gasteiger partial charge is 0.385 e. The van der Waals surface area contributed by atoms with Crippen LogP contribution < -0.4 is 0 Å². The van der Waals surface area contributed by atoms with Gasteiger partial charge in [-0.25, -0.2) is 0 Å². The first kappa shape index (κ1) is 19.3. The van der Waals surface area contributed by atoms with Gasteiger partial charge in [-0.15, -0.1) is 0 Å². The van der Waals surface area contributed by atoms with E-state index in [9.17, 15) is 0 Å². The fourth-order valence-corrected chi connectivity index (χ4v) is 3.51. The molecule has 0 amide bonds. The summed E-state index contributed by atoms with van der Waals surface area (Å²) < 4.78 is 12.3. The van der Waals surface area contributed by atoms with Crippen molar-refractivity contribution in [1.29, 1.82) is 0 Å². The normalized spacial score (nSPS) is 12.1. The van der Waals surface area contributed by atoms with E-state index in [1.54, 1.807) is 7.11 Å². The van der Waals surface area contributed by atoms with Crippen LogP contribution >= 0.6 is 0 Å². The summed E-state index contributed by atoms with van der Waals surface area (Å²) in [4.78, 5) is 0. The van der Waals surface area contributed by atoms with Gasteiger partial charge in [-0.1, -0.05) is 91.0 Å². The Kier molecular flexibility index (Phi) is 6.10. The van der Waals surface area contributed by atoms with Gasteiger partial charge in [-0.3, -0.25) is 0 Å². The van der Waals surface area contributed by atoms with Gasteiger partial charge in [-0.05, 0) is 37.0 Å². The van der Waals surface area contributed by atoms with E-state index in [2.05, 4.69) is 86.6 Å². The number of ether oxygens (including phenoxy) is 2. The van der Waals surface area contributed by atoms with E-state index in [-0.39, 0.29) is 5.60 Å². The van der Waals surface area contributed by atoms with Gasteiger partial charge in [0.25, 0.3) is 0 Å². The van der Waals surface area contributed by atoms with E-state index in [4.69, 9.17) is 9.47 Å². The monoisotopic (exact) mass is 360 g/mol. The van der Waals surface area contributed by atoms with Crippen LogP contribution in [-0.4, -0.2) is 19.3 Å². The summed E-state index contributed by atoms with van der Waals surface area (Å²) in [6.07, 6.45) is 0.803. The Morgan fingerprint density at radius 2 is 1.00 bits per heavy atom. The number of hydrogen-bond acceptors (Lipinski definition) is 2. The Morgan fingerprint density at radius 3 is 1.33 bits per heavy atom. The van der Waals surface area contributed by atoms with Crippen molar-refractivity contribution in [2.75, 3.05) is 13.7 Å². The summed E-state index contributed by atoms with van der Waals surface area (Å²) in [6, 6.07) is 31.4. The first-order valence-corrected chi connectivity index (χ1v) is 9.44. The lowest BCUT2D eigenvalue weighted by Gasteiger charge is -2.42. The molecule has 0 saturated heterocycles. The lowest BCUT2D eigenvalue weighted by atomic mass is 9.79. The maximum Gasteiger partial charge on any atom is 0.144 e. The van der Waals surface area contributed by atoms with Crippen molar-refractivity contribution in [3.63, 3.8) is 0 Å². The minimum Gasteiger partial charge on any atom is -0.385 e. The molecule has 140 valence electrons. The number of rotatable bonds is 8. The SMILES string of the molecule is COCCC(C)(C)OC(c1ccccc1)(c1ccccc1)c1ccccc1. The van der Waals surface area contributed by atoms with Gasteiger partial charge in [0.2, 0.25) is 0 Å². The van der Waals surface area contributed by atoms with E-state index in [0.29, 0.717) is 6.61 Å². The van der Waals surface area contributed by atoms with Crippen LogP contribution in [0, 0.1) is 0 Å². The zero-order valence-electron chi connectivity index (χ0n) is 16.4. The second-order valence-electron chi connectivity index (χ2n) is 7.38. The first-order valence-electron chi connectivity index (χ1n) is 9.44. The van der Waals surface area contributed by atoms with Gasteiger partial charge in [0, 0.05) is 13.7 Å². The van der Waals surface area contributed by atoms with Crippen LogP contribution in [0.3, 0.4) is 0 Å². The summed E-state index contributed by atoms with van der Waals surface area (Å²) in [5, 5.41) is 0. The van der Waals surface area contributed by atoms with Crippen LogP contribution in [0.5, 0.6) is 0 Å². The van der Waals surface area contributed by atoms with Crippen LogP contribution in [0.25, 0.3) is 0 Å². The standard InChI is InChI=1S/C25H28O2/c1-24(2,19-20-26-3)27-25(21-13-7-4-8-14-21,22-15-9-5-10-16-22)23-17-11-6-12-18-23/h4-18H,19-20H2,1-3H3. The van der Waals surface area contributed by atoms with Gasteiger partial charge in [0.1, 0.15) is 5.60 Å². The van der Waals surface area contributed by atoms with E-state index >= 15 is 0 Å². The lowest BCUT2D eigenvalue weighted by Crippen LogP contribution is -2.42. The third-order valence-electron chi connectivity index (χ3n) is 4.88. The van der Waals surface area contributed by atoms with Crippen molar-refractivity contribution >= 4 is 0 Å². The maximum absolute atomic E-state index is 7.01. The molecule has 2 nitrogen and oxygen atoms in total. The molecule has 0 N–H and O–H groups in total. The van der Waals surface area contributed by atoms with Gasteiger partial charge in [0.05, 0.1) is 5.60 Å². The fourth-order valence-electron chi connectivity index (χ4n) is 3.51. The van der Waals surface area contributed by atoms with Gasteiger partial charge < -0.3 is 9.47 Å². The van der Waals surface area contributed by atoms with Crippen LogP contribution in [0.2, 0.25) is 0 Å². The molecule has 0 atom stereocenters. The fraction of sp³-hybridized carbons (Fsp3) is 0.280. The minimum atomic E-state index is -0.693. The molecule has 0 aliphatic heterocycles. The number of methoxy groups -OCH3 is 1. The highest BCUT2D eigenvalue weighted by molar-refractivity contribution is 5.47. The lowest BCUT2D eigenvalue weighted by molar-refractivity contribution is -0.113. The van der Waals surface area contributed by atoms with Gasteiger partial charge in [-0.2, -0.15) is 0 Å². The molecule has 3 rings (SSSR count). The smallest absolute Gasteiger partial charge is 0.144 e. The molecule has 0 spiro atoms. The number of benzene rings is 3. The topological polar surface area (TPSA) is 18.5 Å². The Morgan fingerprint density at radius 1 is 0.630 bits per heavy atom. The Hall–Kier alpha value is -2.42. The molecule has 3 aromatic carbocycles. The third-order valence-corrected chi connectivity index (χ3v) is 4.88. The second-order valence-corrected chi connectivity index (χ2v) is 7.38. The molecule has 0 saturated carbocycles. The summed E-state index contributed by atoms with van der Waals surface area (Å²) >= 11 is 0. The van der Waals surface area contributed by atoms with Crippen molar-refractivity contribution in [1.82, 2.24) is 0 Å². The van der Waals surface area contributed by atoms with Crippen LogP contribution in [0.1, 0.15) is 37.0 Å². The second kappa shape index (κ2) is 8.51. The number of hydrogen-bond donors (Lipinski definition) is 0. The summed E-state index contributed by atoms with van der Waals surface area (Å²) in [5.41, 5.74) is 2.28. The molecule has 27 heavy (non-hydrogen) atoms. The van der Waals surface area contributed by atoms with Crippen LogP contribution in [0.4, 0.5) is 0 Å². The molecule has 0 aliphatic carbocycles. The van der Waals surface area contributed by atoms with Crippen molar-refractivity contribution in [3.05, 3.63) is 108 Å². The first-order chi connectivity index (χ1) is 13.1. The molecule has 0 aromatic heterocycles. The van der Waals surface area contributed by atoms with Gasteiger partial charge >= 0.3 is 0 Å². The highest BCUT2D eigenvalue weighted by Gasteiger charge is 2.41. The average molecular weight is 360 g/mol. The Bertz CT molecular complexity index is 714.